The Morgan fingerprint density at radius 1 is 1.53 bits per heavy atom. The van der Waals surface area contributed by atoms with E-state index in [0.29, 0.717) is 18.2 Å². The number of amides is 1. The molecule has 0 aliphatic rings. The highest BCUT2D eigenvalue weighted by Crippen LogP contribution is 2.14. The number of nitrogens with zero attached hydrogens (tertiary/aromatic N) is 2. The Hall–Kier alpha value is -1.35. The molecule has 0 unspecified atom stereocenters. The van der Waals surface area contributed by atoms with E-state index in [-0.39, 0.29) is 5.91 Å². The second-order valence-corrected chi connectivity index (χ2v) is 5.58. The minimum absolute atomic E-state index is 0.347. The molecule has 19 heavy (non-hydrogen) atoms. The van der Waals surface area contributed by atoms with Gasteiger partial charge in [-0.05, 0) is 6.92 Å². The van der Waals surface area contributed by atoms with Crippen molar-refractivity contribution in [2.75, 3.05) is 6.61 Å². The van der Waals surface area contributed by atoms with E-state index in [1.165, 1.54) is 16.2 Å². The van der Waals surface area contributed by atoms with Crippen LogP contribution >= 0.6 is 22.7 Å². The minimum Gasteiger partial charge on any atom is -0.375 e. The Bertz CT molecular complexity index is 552. The summed E-state index contributed by atoms with van der Waals surface area (Å²) < 4.78 is 5.53. The number of hydrogen-bond acceptors (Lipinski definition) is 7. The van der Waals surface area contributed by atoms with E-state index in [1.54, 1.807) is 16.7 Å². The molecule has 0 radical (unpaired) electrons. The molecule has 8 heteroatoms. The van der Waals surface area contributed by atoms with Gasteiger partial charge in [-0.3, -0.25) is 10.2 Å². The molecule has 102 valence electrons. The zero-order valence-corrected chi connectivity index (χ0v) is 12.0. The fourth-order valence-corrected chi connectivity index (χ4v) is 2.91. The number of hydrazine groups is 1. The van der Waals surface area contributed by atoms with Crippen LogP contribution in [0.4, 0.5) is 0 Å². The summed E-state index contributed by atoms with van der Waals surface area (Å²) in [6.45, 7) is 3.00. The van der Waals surface area contributed by atoms with Crippen molar-refractivity contribution in [3.05, 3.63) is 32.2 Å². The lowest BCUT2D eigenvalue weighted by Gasteiger charge is -2.01. The Kier molecular flexibility index (Phi) is 4.97. The average Bonchev–Trinajstić information content (AvgIpc) is 3.03. The van der Waals surface area contributed by atoms with Gasteiger partial charge >= 0.3 is 0 Å². The topological polar surface area (TPSA) is 90.1 Å². The van der Waals surface area contributed by atoms with Crippen molar-refractivity contribution in [3.8, 4) is 0 Å². The maximum atomic E-state index is 11.2. The number of aryl methyl sites for hydroxylation is 1. The van der Waals surface area contributed by atoms with E-state index < -0.39 is 0 Å². The van der Waals surface area contributed by atoms with Crippen molar-refractivity contribution in [2.45, 2.75) is 20.0 Å². The lowest BCUT2D eigenvalue weighted by Crippen LogP contribution is -2.29. The third kappa shape index (κ3) is 3.80. The van der Waals surface area contributed by atoms with Gasteiger partial charge in [0.05, 0.1) is 30.1 Å². The predicted molar refractivity (Wildman–Crippen MR) is 74.0 cm³/mol. The summed E-state index contributed by atoms with van der Waals surface area (Å²) >= 11 is 2.88. The van der Waals surface area contributed by atoms with Crippen LogP contribution < -0.4 is 11.3 Å². The fraction of sp³-hybridized carbons (Fsp3) is 0.364. The van der Waals surface area contributed by atoms with Crippen LogP contribution in [0.1, 0.15) is 26.1 Å². The number of carbonyl (C=O) groups is 1. The van der Waals surface area contributed by atoms with Crippen LogP contribution in [0.3, 0.4) is 0 Å². The van der Waals surface area contributed by atoms with Crippen LogP contribution in [0.2, 0.25) is 0 Å². The molecular weight excluding hydrogens is 284 g/mol. The monoisotopic (exact) mass is 298 g/mol. The van der Waals surface area contributed by atoms with Crippen LogP contribution in [0.15, 0.2) is 10.9 Å². The van der Waals surface area contributed by atoms with Crippen molar-refractivity contribution >= 4 is 28.6 Å². The largest absolute Gasteiger partial charge is 0.375 e. The van der Waals surface area contributed by atoms with Crippen LogP contribution in [0.25, 0.3) is 0 Å². The molecule has 0 saturated heterocycles. The summed E-state index contributed by atoms with van der Waals surface area (Å²) in [5.41, 5.74) is 5.69. The highest BCUT2D eigenvalue weighted by atomic mass is 32.1. The number of nitrogens with one attached hydrogen (secondary N) is 1. The standard InChI is InChI=1S/C11H14N4O2S2/c1-7-9(19-6-13-7)2-3-17-4-8-5-18-11(14-8)10(16)15-12/h5-6H,2-4,12H2,1H3,(H,15,16). The van der Waals surface area contributed by atoms with E-state index in [4.69, 9.17) is 10.6 Å². The van der Waals surface area contributed by atoms with Crippen molar-refractivity contribution in [1.82, 2.24) is 15.4 Å². The molecule has 2 aromatic heterocycles. The van der Waals surface area contributed by atoms with Gasteiger partial charge < -0.3 is 4.74 Å². The van der Waals surface area contributed by atoms with E-state index >= 15 is 0 Å². The van der Waals surface area contributed by atoms with Gasteiger partial charge in [-0.1, -0.05) is 0 Å². The van der Waals surface area contributed by atoms with E-state index in [1.807, 2.05) is 17.9 Å². The molecule has 0 saturated carbocycles. The van der Waals surface area contributed by atoms with Gasteiger partial charge in [0.2, 0.25) is 0 Å². The zero-order valence-electron chi connectivity index (χ0n) is 10.4. The van der Waals surface area contributed by atoms with Gasteiger partial charge in [0.1, 0.15) is 0 Å². The molecule has 1 amide bonds. The Morgan fingerprint density at radius 2 is 2.37 bits per heavy atom. The molecule has 2 rings (SSSR count). The third-order valence-electron chi connectivity index (χ3n) is 2.45. The number of carbonyl (C=O) groups excluding carboxylic acids is 1. The molecule has 2 heterocycles. The molecular formula is C11H14N4O2S2. The summed E-state index contributed by atoms with van der Waals surface area (Å²) in [4.78, 5) is 20.8. The lowest BCUT2D eigenvalue weighted by atomic mass is 10.3. The summed E-state index contributed by atoms with van der Waals surface area (Å²) in [6.07, 6.45) is 0.844. The van der Waals surface area contributed by atoms with Gasteiger partial charge in [-0.25, -0.2) is 15.8 Å². The number of nitrogens with two attached hydrogens (primary N) is 1. The SMILES string of the molecule is Cc1ncsc1CCOCc1csc(C(=O)NN)n1. The Morgan fingerprint density at radius 3 is 3.05 bits per heavy atom. The van der Waals surface area contributed by atoms with Gasteiger partial charge in [0.15, 0.2) is 5.01 Å². The molecule has 0 atom stereocenters. The quantitative estimate of drug-likeness (QED) is 0.363. The lowest BCUT2D eigenvalue weighted by molar-refractivity contribution is 0.0951. The normalized spacial score (nSPS) is 10.6. The van der Waals surface area contributed by atoms with Gasteiger partial charge in [0.25, 0.3) is 5.91 Å². The number of nitrogen functional groups attached to an aromatic ring is 1. The smallest absolute Gasteiger partial charge is 0.294 e. The van der Waals surface area contributed by atoms with Gasteiger partial charge in [0, 0.05) is 16.7 Å². The summed E-state index contributed by atoms with van der Waals surface area (Å²) in [5, 5.41) is 2.14. The van der Waals surface area contributed by atoms with Crippen molar-refractivity contribution in [2.24, 2.45) is 5.84 Å². The average molecular weight is 298 g/mol. The molecule has 2 aromatic rings. The molecule has 0 aliphatic carbocycles. The second kappa shape index (κ2) is 6.71. The molecule has 0 fully saturated rings. The molecule has 6 nitrogen and oxygen atoms in total. The van der Waals surface area contributed by atoms with Crippen LogP contribution in [0, 0.1) is 6.92 Å². The summed E-state index contributed by atoms with van der Waals surface area (Å²) in [7, 11) is 0. The molecule has 3 N–H and O–H groups in total. The first-order valence-electron chi connectivity index (χ1n) is 5.62. The van der Waals surface area contributed by atoms with E-state index in [9.17, 15) is 4.79 Å². The number of hydrogen-bond donors (Lipinski definition) is 2. The number of rotatable bonds is 6. The predicted octanol–water partition coefficient (Wildman–Crippen LogP) is 1.27. The summed E-state index contributed by atoms with van der Waals surface area (Å²) in [6, 6.07) is 0. The first-order chi connectivity index (χ1) is 9.20. The van der Waals surface area contributed by atoms with E-state index in [0.717, 1.165) is 17.8 Å². The molecule has 0 aromatic carbocycles. The zero-order chi connectivity index (χ0) is 13.7. The highest BCUT2D eigenvalue weighted by molar-refractivity contribution is 7.11. The number of thiazole rings is 2. The number of aromatic nitrogens is 2. The first kappa shape index (κ1) is 14.1. The van der Waals surface area contributed by atoms with Crippen molar-refractivity contribution in [1.29, 1.82) is 0 Å². The third-order valence-corrected chi connectivity index (χ3v) is 4.33. The highest BCUT2D eigenvalue weighted by Gasteiger charge is 2.09. The maximum Gasteiger partial charge on any atom is 0.294 e. The van der Waals surface area contributed by atoms with Crippen LogP contribution in [-0.4, -0.2) is 22.5 Å². The second-order valence-electron chi connectivity index (χ2n) is 3.78. The van der Waals surface area contributed by atoms with E-state index in [2.05, 4.69) is 9.97 Å². The van der Waals surface area contributed by atoms with Gasteiger partial charge in [-0.2, -0.15) is 0 Å². The Labute approximate surface area is 118 Å². The number of ether oxygens (including phenoxy) is 1. The molecule has 0 bridgehead atoms. The summed E-state index contributed by atoms with van der Waals surface area (Å²) in [5.74, 6) is 4.66. The molecule has 0 aliphatic heterocycles. The minimum atomic E-state index is -0.378. The van der Waals surface area contributed by atoms with Crippen LogP contribution in [0.5, 0.6) is 0 Å². The Balaban J connectivity index is 1.75. The maximum absolute atomic E-state index is 11.2. The molecule has 0 spiro atoms. The van der Waals surface area contributed by atoms with Crippen LogP contribution in [-0.2, 0) is 17.8 Å². The van der Waals surface area contributed by atoms with Crippen molar-refractivity contribution < 1.29 is 9.53 Å². The first-order valence-corrected chi connectivity index (χ1v) is 7.38. The van der Waals surface area contributed by atoms with Crippen molar-refractivity contribution in [3.63, 3.8) is 0 Å². The van der Waals surface area contributed by atoms with Gasteiger partial charge in [-0.15, -0.1) is 22.7 Å². The fourth-order valence-electron chi connectivity index (χ4n) is 1.45.